The molecule has 2 heterocycles. The molecule has 0 radical (unpaired) electrons. The first kappa shape index (κ1) is 37.9. The smallest absolute Gasteiger partial charge is 0.416 e. The molecule has 4 aromatic rings. The molecule has 1 fully saturated rings. The van der Waals surface area contributed by atoms with Crippen LogP contribution in [0.2, 0.25) is 0 Å². The van der Waals surface area contributed by atoms with E-state index >= 15 is 0 Å². The van der Waals surface area contributed by atoms with Crippen molar-refractivity contribution in [2.24, 2.45) is 0 Å². The second-order valence-electron chi connectivity index (χ2n) is 13.4. The van der Waals surface area contributed by atoms with Crippen LogP contribution >= 0.6 is 11.8 Å². The van der Waals surface area contributed by atoms with Crippen LogP contribution in [0.1, 0.15) is 78.2 Å². The molecule has 1 aromatic heterocycles. The van der Waals surface area contributed by atoms with Crippen LogP contribution in [0.25, 0.3) is 11.3 Å². The summed E-state index contributed by atoms with van der Waals surface area (Å²) < 4.78 is 56.8. The Morgan fingerprint density at radius 1 is 0.922 bits per heavy atom. The highest BCUT2D eigenvalue weighted by molar-refractivity contribution is 7.98. The maximum atomic E-state index is 13.2. The van der Waals surface area contributed by atoms with E-state index in [0.29, 0.717) is 54.4 Å². The minimum atomic E-state index is -4.47. The fourth-order valence-electron chi connectivity index (χ4n) is 5.66. The van der Waals surface area contributed by atoms with Gasteiger partial charge in [-0.2, -0.15) is 24.9 Å². The first-order valence-corrected chi connectivity index (χ1v) is 18.1. The van der Waals surface area contributed by atoms with Crippen molar-refractivity contribution in [3.63, 3.8) is 0 Å². The van der Waals surface area contributed by atoms with Crippen molar-refractivity contribution in [1.82, 2.24) is 10.3 Å². The van der Waals surface area contributed by atoms with Crippen LogP contribution in [-0.2, 0) is 39.2 Å². The number of hydrogen-bond acceptors (Lipinski definition) is 7. The molecule has 1 aliphatic rings. The van der Waals surface area contributed by atoms with Crippen LogP contribution in [0.4, 0.5) is 13.2 Å². The van der Waals surface area contributed by atoms with Gasteiger partial charge < -0.3 is 19.5 Å². The number of pyridine rings is 1. The Kier molecular flexibility index (Phi) is 12.8. The standard InChI is InChI=1S/C40H43F3N2O5S/c1-39(2,3)50-37(46)15-19-51-26-29-8-4-6-27(20-29)21-30-10-11-34(49-33-13-17-48-18-14-33)24-35(30)36-23-31(12-16-44-36)38(47)45-25-28-7-5-9-32(22-28)40(41,42)43/h4-12,16,20,22-24,33H,13-15,17-19,21,25-26H2,1-3H3,(H,45,47). The summed E-state index contributed by atoms with van der Waals surface area (Å²) in [4.78, 5) is 29.9. The molecule has 51 heavy (non-hydrogen) atoms. The van der Waals surface area contributed by atoms with Gasteiger partial charge in [0.2, 0.25) is 0 Å². The van der Waals surface area contributed by atoms with Crippen molar-refractivity contribution in [2.45, 2.75) is 76.6 Å². The number of ether oxygens (including phenoxy) is 3. The van der Waals surface area contributed by atoms with E-state index in [4.69, 9.17) is 14.2 Å². The van der Waals surface area contributed by atoms with E-state index in [2.05, 4.69) is 28.5 Å². The van der Waals surface area contributed by atoms with E-state index in [1.807, 2.05) is 45.0 Å². The molecule has 0 bridgehead atoms. The summed E-state index contributed by atoms with van der Waals surface area (Å²) >= 11 is 1.68. The van der Waals surface area contributed by atoms with E-state index in [1.165, 1.54) is 6.07 Å². The zero-order valence-electron chi connectivity index (χ0n) is 29.1. The Labute approximate surface area is 301 Å². The van der Waals surface area contributed by atoms with Crippen molar-refractivity contribution in [3.8, 4) is 17.0 Å². The Bertz CT molecular complexity index is 1800. The molecular formula is C40H43F3N2O5S. The molecule has 1 saturated heterocycles. The molecule has 0 spiro atoms. The van der Waals surface area contributed by atoms with Gasteiger partial charge in [0.1, 0.15) is 17.5 Å². The number of carbonyl (C=O) groups is 2. The van der Waals surface area contributed by atoms with Crippen LogP contribution in [0.3, 0.4) is 0 Å². The van der Waals surface area contributed by atoms with Gasteiger partial charge in [-0.15, -0.1) is 0 Å². The summed E-state index contributed by atoms with van der Waals surface area (Å²) in [6.07, 6.45) is -0.356. The summed E-state index contributed by atoms with van der Waals surface area (Å²) in [5.41, 5.74) is 4.01. The minimum absolute atomic E-state index is 0.0304. The van der Waals surface area contributed by atoms with E-state index in [9.17, 15) is 22.8 Å². The number of benzene rings is 3. The fourth-order valence-corrected chi connectivity index (χ4v) is 6.53. The highest BCUT2D eigenvalue weighted by Gasteiger charge is 2.30. The van der Waals surface area contributed by atoms with Gasteiger partial charge in [0.25, 0.3) is 5.91 Å². The van der Waals surface area contributed by atoms with Crippen LogP contribution in [-0.4, -0.2) is 47.5 Å². The maximum Gasteiger partial charge on any atom is 0.416 e. The van der Waals surface area contributed by atoms with Crippen LogP contribution in [0.15, 0.2) is 85.1 Å². The van der Waals surface area contributed by atoms with Gasteiger partial charge in [-0.25, -0.2) is 0 Å². The van der Waals surface area contributed by atoms with E-state index in [-0.39, 0.29) is 18.6 Å². The van der Waals surface area contributed by atoms with E-state index in [1.54, 1.807) is 36.2 Å². The van der Waals surface area contributed by atoms with E-state index < -0.39 is 23.2 Å². The Morgan fingerprint density at radius 3 is 2.43 bits per heavy atom. The molecule has 0 saturated carbocycles. The van der Waals surface area contributed by atoms with Crippen LogP contribution in [0, 0.1) is 0 Å². The van der Waals surface area contributed by atoms with Gasteiger partial charge in [-0.05, 0) is 85.8 Å². The number of thioether (sulfide) groups is 1. The molecule has 1 amide bonds. The van der Waals surface area contributed by atoms with Crippen LogP contribution in [0.5, 0.6) is 5.75 Å². The second-order valence-corrected chi connectivity index (χ2v) is 14.6. The third-order valence-corrected chi connectivity index (χ3v) is 9.11. The number of nitrogens with zero attached hydrogens (tertiary/aromatic N) is 1. The fraction of sp³-hybridized carbons (Fsp3) is 0.375. The number of hydrogen-bond donors (Lipinski definition) is 1. The topological polar surface area (TPSA) is 86.8 Å². The summed E-state index contributed by atoms with van der Waals surface area (Å²) in [6.45, 7) is 6.81. The normalized spacial score (nSPS) is 13.8. The lowest BCUT2D eigenvalue weighted by Gasteiger charge is -2.24. The van der Waals surface area contributed by atoms with Gasteiger partial charge in [0, 0.05) is 48.2 Å². The molecule has 7 nitrogen and oxygen atoms in total. The molecule has 1 aliphatic heterocycles. The summed E-state index contributed by atoms with van der Waals surface area (Å²) in [5, 5.41) is 2.74. The average Bonchev–Trinajstić information content (AvgIpc) is 3.09. The van der Waals surface area contributed by atoms with Crippen molar-refractivity contribution in [1.29, 1.82) is 0 Å². The first-order valence-electron chi connectivity index (χ1n) is 17.0. The minimum Gasteiger partial charge on any atom is -0.490 e. The Balaban J connectivity index is 1.32. The summed E-state index contributed by atoms with van der Waals surface area (Å²) in [7, 11) is 0. The SMILES string of the molecule is CC(C)(C)OC(=O)CCSCc1cccc(Cc2ccc(OC3CCOCC3)cc2-c2cc(C(=O)NCc3cccc(C(F)(F)F)c3)ccn2)c1. The largest absolute Gasteiger partial charge is 0.490 e. The molecule has 1 N–H and O–H groups in total. The average molecular weight is 721 g/mol. The van der Waals surface area contributed by atoms with Crippen molar-refractivity contribution in [3.05, 3.63) is 118 Å². The quantitative estimate of drug-likeness (QED) is 0.109. The summed E-state index contributed by atoms with van der Waals surface area (Å²) in [5.74, 6) is 1.47. The molecule has 3 aromatic carbocycles. The van der Waals surface area contributed by atoms with Gasteiger partial charge in [0.15, 0.2) is 0 Å². The van der Waals surface area contributed by atoms with Gasteiger partial charge >= 0.3 is 12.1 Å². The van der Waals surface area contributed by atoms with Crippen molar-refractivity contribution < 1.29 is 37.0 Å². The van der Waals surface area contributed by atoms with Gasteiger partial charge in [-0.3, -0.25) is 14.6 Å². The van der Waals surface area contributed by atoms with Gasteiger partial charge in [-0.1, -0.05) is 42.5 Å². The number of nitrogens with one attached hydrogen (secondary N) is 1. The highest BCUT2D eigenvalue weighted by Crippen LogP contribution is 2.32. The Morgan fingerprint density at radius 2 is 1.67 bits per heavy atom. The molecule has 270 valence electrons. The predicted octanol–water partition coefficient (Wildman–Crippen LogP) is 8.81. The molecule has 11 heteroatoms. The van der Waals surface area contributed by atoms with E-state index in [0.717, 1.165) is 53.0 Å². The van der Waals surface area contributed by atoms with Crippen molar-refractivity contribution in [2.75, 3.05) is 19.0 Å². The van der Waals surface area contributed by atoms with Crippen molar-refractivity contribution >= 4 is 23.6 Å². The third-order valence-electron chi connectivity index (χ3n) is 8.08. The molecule has 0 atom stereocenters. The first-order chi connectivity index (χ1) is 24.3. The highest BCUT2D eigenvalue weighted by atomic mass is 32.2. The van der Waals surface area contributed by atoms with Gasteiger partial charge in [0.05, 0.1) is 30.9 Å². The predicted molar refractivity (Wildman–Crippen MR) is 193 cm³/mol. The summed E-state index contributed by atoms with van der Waals surface area (Å²) in [6, 6.07) is 22.4. The molecule has 0 unspecified atom stereocenters. The number of aromatic nitrogens is 1. The molecular weight excluding hydrogens is 678 g/mol. The zero-order chi connectivity index (χ0) is 36.4. The molecule has 5 rings (SSSR count). The zero-order valence-corrected chi connectivity index (χ0v) is 29.9. The number of amides is 1. The maximum absolute atomic E-state index is 13.2. The lowest BCUT2D eigenvalue weighted by molar-refractivity contribution is -0.154. The number of halogens is 3. The monoisotopic (exact) mass is 720 g/mol. The lowest BCUT2D eigenvalue weighted by Crippen LogP contribution is -2.25. The molecule has 0 aliphatic carbocycles. The number of rotatable bonds is 13. The number of esters is 1. The number of carbonyl (C=O) groups excluding carboxylic acids is 2. The second kappa shape index (κ2) is 17.2. The Hall–Kier alpha value is -4.35. The third kappa shape index (κ3) is 11.9. The number of alkyl halides is 3. The lowest BCUT2D eigenvalue weighted by atomic mass is 9.95. The van der Waals surface area contributed by atoms with Crippen LogP contribution < -0.4 is 10.1 Å².